The number of H-pyrrole nitrogens is 1. The quantitative estimate of drug-likeness (QED) is 0.247. The van der Waals surface area contributed by atoms with E-state index in [1.54, 1.807) is 28.8 Å². The number of ether oxygens (including phenoxy) is 1. The monoisotopic (exact) mass is 622 g/mol. The Kier molecular flexibility index (Phi) is 11.0. The number of benzene rings is 3. The number of aromatic amines is 1. The topological polar surface area (TPSA) is 103 Å². The van der Waals surface area contributed by atoms with E-state index in [1.807, 2.05) is 76.2 Å². The Morgan fingerprint density at radius 2 is 1.61 bits per heavy atom. The zero-order valence-corrected chi connectivity index (χ0v) is 29.1. The molecule has 3 aromatic carbocycles. The molecule has 0 radical (unpaired) electrons. The SMILES string of the molecule is CCCc1nc(C(C)F)c(-c2ccc(OC(C)(C)C)cc2)c(=O)n1Cc1ccc(-c2ccccc2-c2noc(=O)[nH]2)cc1.[H-].[K+]. The van der Waals surface area contributed by atoms with Crippen LogP contribution in [0.4, 0.5) is 4.39 Å². The Morgan fingerprint density at radius 3 is 2.18 bits per heavy atom. The summed E-state index contributed by atoms with van der Waals surface area (Å²) < 4.78 is 27.2. The summed E-state index contributed by atoms with van der Waals surface area (Å²) in [5, 5.41) is 3.83. The number of nitrogens with one attached hydrogen (secondary N) is 1. The van der Waals surface area contributed by atoms with Crippen LogP contribution in [0.2, 0.25) is 0 Å². The van der Waals surface area contributed by atoms with Gasteiger partial charge in [-0.2, -0.15) is 0 Å². The van der Waals surface area contributed by atoms with Crippen LogP contribution >= 0.6 is 0 Å². The van der Waals surface area contributed by atoms with Crippen molar-refractivity contribution in [3.05, 3.63) is 111 Å². The van der Waals surface area contributed by atoms with Crippen molar-refractivity contribution in [3.8, 4) is 39.4 Å². The summed E-state index contributed by atoms with van der Waals surface area (Å²) in [7, 11) is 0. The van der Waals surface area contributed by atoms with Gasteiger partial charge in [-0.1, -0.05) is 72.7 Å². The molecule has 0 saturated carbocycles. The van der Waals surface area contributed by atoms with Crippen LogP contribution in [0.1, 0.15) is 65.7 Å². The number of alkyl halides is 1. The molecule has 0 bridgehead atoms. The van der Waals surface area contributed by atoms with Gasteiger partial charge >= 0.3 is 57.1 Å². The molecule has 0 aliphatic carbocycles. The van der Waals surface area contributed by atoms with Crippen molar-refractivity contribution in [3.63, 3.8) is 0 Å². The van der Waals surface area contributed by atoms with E-state index in [0.717, 1.165) is 28.7 Å². The Morgan fingerprint density at radius 1 is 0.977 bits per heavy atom. The maximum atomic E-state index is 14.9. The molecule has 0 spiro atoms. The number of aromatic nitrogens is 4. The zero-order chi connectivity index (χ0) is 30.7. The predicted octanol–water partition coefficient (Wildman–Crippen LogP) is 4.25. The number of hydrogen-bond donors (Lipinski definition) is 1. The van der Waals surface area contributed by atoms with Gasteiger partial charge in [-0.05, 0) is 68.5 Å². The fourth-order valence-electron chi connectivity index (χ4n) is 5.06. The average molecular weight is 623 g/mol. The first kappa shape index (κ1) is 33.7. The van der Waals surface area contributed by atoms with E-state index >= 15 is 0 Å². The minimum Gasteiger partial charge on any atom is -1.00 e. The molecule has 0 aliphatic heterocycles. The predicted molar refractivity (Wildman–Crippen MR) is 166 cm³/mol. The molecule has 224 valence electrons. The number of halogens is 1. The molecule has 1 N–H and O–H groups in total. The maximum Gasteiger partial charge on any atom is 1.00 e. The maximum absolute atomic E-state index is 14.9. The summed E-state index contributed by atoms with van der Waals surface area (Å²) in [5.41, 5.74) is 3.72. The first-order valence-electron chi connectivity index (χ1n) is 14.4. The molecule has 2 heterocycles. The van der Waals surface area contributed by atoms with Crippen LogP contribution in [0.3, 0.4) is 0 Å². The molecular weight excluding hydrogens is 586 g/mol. The third kappa shape index (κ3) is 7.73. The molecule has 1 atom stereocenters. The fourth-order valence-corrected chi connectivity index (χ4v) is 5.06. The third-order valence-corrected chi connectivity index (χ3v) is 6.92. The summed E-state index contributed by atoms with van der Waals surface area (Å²) in [5.74, 6) is 0.939. The standard InChI is InChI=1S/C34H35FN4O4.K.H/c1-6-9-28-36-30(21(2)35)29(24-16-18-25(19-17-24)42-34(3,4)5)32(40)39(28)20-22-12-14-23(15-13-22)26-10-7-8-11-27(26)31-37-33(41)43-38-31;;/h7-8,10-19,21H,6,9,20H2,1-5H3,(H,37,38,41);;/q;+1;-1. The van der Waals surface area contributed by atoms with Crippen molar-refractivity contribution in [1.82, 2.24) is 19.7 Å². The average Bonchev–Trinajstić information content (AvgIpc) is 3.41. The van der Waals surface area contributed by atoms with E-state index in [2.05, 4.69) is 10.1 Å². The molecule has 0 fully saturated rings. The van der Waals surface area contributed by atoms with Gasteiger partial charge in [0.15, 0.2) is 5.82 Å². The Balaban J connectivity index is 0.00000276. The van der Waals surface area contributed by atoms with E-state index in [-0.39, 0.29) is 81.8 Å². The molecule has 2 aromatic heterocycles. The van der Waals surface area contributed by atoms with Crippen molar-refractivity contribution in [2.75, 3.05) is 0 Å². The van der Waals surface area contributed by atoms with Gasteiger partial charge in [0.2, 0.25) is 0 Å². The molecule has 8 nitrogen and oxygen atoms in total. The van der Waals surface area contributed by atoms with Gasteiger partial charge in [0, 0.05) is 12.0 Å². The second kappa shape index (κ2) is 14.3. The Bertz CT molecular complexity index is 1840. The van der Waals surface area contributed by atoms with Crippen LogP contribution in [0, 0.1) is 0 Å². The van der Waals surface area contributed by atoms with Gasteiger partial charge in [0.05, 0.1) is 17.8 Å². The van der Waals surface area contributed by atoms with Crippen LogP contribution in [0.5, 0.6) is 5.75 Å². The van der Waals surface area contributed by atoms with Crippen LogP contribution < -0.4 is 67.4 Å². The molecule has 1 unspecified atom stereocenters. The van der Waals surface area contributed by atoms with Crippen LogP contribution in [-0.2, 0) is 13.0 Å². The first-order valence-corrected chi connectivity index (χ1v) is 14.4. The molecular formula is C34H36FKN4O4. The van der Waals surface area contributed by atoms with Crippen LogP contribution in [-0.4, -0.2) is 25.3 Å². The van der Waals surface area contributed by atoms with Crippen molar-refractivity contribution < 1.29 is 66.5 Å². The minimum absolute atomic E-state index is 0. The number of hydrogen-bond acceptors (Lipinski definition) is 6. The van der Waals surface area contributed by atoms with Crippen molar-refractivity contribution >= 4 is 0 Å². The molecule has 0 amide bonds. The smallest absolute Gasteiger partial charge is 1.00 e. The van der Waals surface area contributed by atoms with Gasteiger partial charge in [-0.3, -0.25) is 18.9 Å². The van der Waals surface area contributed by atoms with Crippen LogP contribution in [0.15, 0.2) is 86.9 Å². The molecule has 5 rings (SSSR count). The molecule has 10 heteroatoms. The van der Waals surface area contributed by atoms with Crippen LogP contribution in [0.25, 0.3) is 33.6 Å². The van der Waals surface area contributed by atoms with Gasteiger partial charge < -0.3 is 6.16 Å². The molecule has 0 saturated heterocycles. The van der Waals surface area contributed by atoms with Crippen molar-refractivity contribution in [2.45, 2.75) is 65.8 Å². The second-order valence-corrected chi connectivity index (χ2v) is 11.5. The fraction of sp³-hybridized carbons (Fsp3) is 0.294. The number of rotatable bonds is 9. The summed E-state index contributed by atoms with van der Waals surface area (Å²) in [4.78, 5) is 32.9. The normalized spacial score (nSPS) is 12.0. The third-order valence-electron chi connectivity index (χ3n) is 6.92. The van der Waals surface area contributed by atoms with Gasteiger partial charge in [-0.25, -0.2) is 14.2 Å². The molecule has 5 aromatic rings. The Hall–Kier alpha value is -3.15. The van der Waals surface area contributed by atoms with E-state index in [0.29, 0.717) is 29.4 Å². The zero-order valence-electron chi connectivity index (χ0n) is 27.0. The van der Waals surface area contributed by atoms with E-state index in [4.69, 9.17) is 14.2 Å². The van der Waals surface area contributed by atoms with Gasteiger partial charge in [0.25, 0.3) is 5.56 Å². The van der Waals surface area contributed by atoms with E-state index in [1.165, 1.54) is 6.92 Å². The van der Waals surface area contributed by atoms with Crippen molar-refractivity contribution in [1.29, 1.82) is 0 Å². The van der Waals surface area contributed by atoms with Gasteiger partial charge in [-0.15, -0.1) is 0 Å². The first-order chi connectivity index (χ1) is 20.5. The largest absolute Gasteiger partial charge is 1.00 e. The summed E-state index contributed by atoms with van der Waals surface area (Å²) in [6.45, 7) is 9.58. The van der Waals surface area contributed by atoms with E-state index in [9.17, 15) is 14.0 Å². The minimum atomic E-state index is -1.42. The summed E-state index contributed by atoms with van der Waals surface area (Å²) >= 11 is 0. The summed E-state index contributed by atoms with van der Waals surface area (Å²) in [6.07, 6.45) is -0.128. The van der Waals surface area contributed by atoms with Gasteiger partial charge in [0.1, 0.15) is 23.3 Å². The molecule has 44 heavy (non-hydrogen) atoms. The van der Waals surface area contributed by atoms with E-state index < -0.39 is 11.9 Å². The van der Waals surface area contributed by atoms with Crippen molar-refractivity contribution in [2.24, 2.45) is 0 Å². The summed E-state index contributed by atoms with van der Waals surface area (Å²) in [6, 6.07) is 22.5. The number of aryl methyl sites for hydroxylation is 1. The number of nitrogens with zero attached hydrogens (tertiary/aromatic N) is 3. The molecule has 0 aliphatic rings. The second-order valence-electron chi connectivity index (χ2n) is 11.5. The Labute approximate surface area is 299 Å².